The molecule has 0 aliphatic carbocycles. The molecule has 0 aliphatic rings. The quantitative estimate of drug-likeness (QED) is 0.0956. The van der Waals surface area contributed by atoms with Crippen LogP contribution in [-0.4, -0.2) is 14.1 Å². The van der Waals surface area contributed by atoms with Crippen LogP contribution in [0.1, 0.15) is 51.3 Å². The van der Waals surface area contributed by atoms with Crippen molar-refractivity contribution in [3.63, 3.8) is 0 Å². The third-order valence-corrected chi connectivity index (χ3v) is 14.2. The van der Waals surface area contributed by atoms with Crippen LogP contribution in [0, 0.1) is 18.5 Å². The van der Waals surface area contributed by atoms with Crippen LogP contribution in [0.5, 0.6) is 11.5 Å². The van der Waals surface area contributed by atoms with Gasteiger partial charge in [0.05, 0.1) is 16.7 Å². The first-order valence-corrected chi connectivity index (χ1v) is 25.1. The van der Waals surface area contributed by atoms with E-state index in [0.717, 1.165) is 89.8 Å². The zero-order valence-corrected chi connectivity index (χ0v) is 44.4. The van der Waals surface area contributed by atoms with E-state index in [-0.39, 0.29) is 31.9 Å². The molecule has 12 rings (SSSR count). The molecule has 9 aromatic carbocycles. The van der Waals surface area contributed by atoms with Crippen LogP contribution in [0.3, 0.4) is 0 Å². The van der Waals surface area contributed by atoms with Gasteiger partial charge in [0.25, 0.3) is 6.33 Å². The Morgan fingerprint density at radius 3 is 1.80 bits per heavy atom. The van der Waals surface area contributed by atoms with E-state index in [2.05, 4.69) is 273 Å². The second kappa shape index (κ2) is 19.7. The van der Waals surface area contributed by atoms with Crippen molar-refractivity contribution in [3.05, 3.63) is 260 Å². The molecule has 0 spiro atoms. The predicted molar refractivity (Wildman–Crippen MR) is 298 cm³/mol. The monoisotopic (exact) mass is 1140 g/mol. The van der Waals surface area contributed by atoms with E-state index in [0.29, 0.717) is 11.5 Å². The molecule has 0 aliphatic heterocycles. The van der Waals surface area contributed by atoms with Gasteiger partial charge in [0.2, 0.25) is 0 Å². The molecular formula is C68H54N4OPt-2. The molecule has 74 heavy (non-hydrogen) atoms. The maximum Gasteiger partial charge on any atom is 0.268 e. The maximum atomic E-state index is 6.76. The Hall–Kier alpha value is -8.11. The Morgan fingerprint density at radius 1 is 0.514 bits per heavy atom. The summed E-state index contributed by atoms with van der Waals surface area (Å²) in [7, 11) is 0. The number of imidazole rings is 1. The first-order chi connectivity index (χ1) is 35.6. The molecule has 0 N–H and O–H groups in total. The Morgan fingerprint density at radius 2 is 1.11 bits per heavy atom. The normalized spacial score (nSPS) is 11.8. The molecule has 0 saturated carbocycles. The number of rotatable bonds is 11. The van der Waals surface area contributed by atoms with Crippen molar-refractivity contribution in [1.82, 2.24) is 14.1 Å². The van der Waals surface area contributed by atoms with Crippen LogP contribution in [0.4, 0.5) is 0 Å². The van der Waals surface area contributed by atoms with Gasteiger partial charge in [0.1, 0.15) is 5.82 Å². The number of fused-ring (bicyclic) bond motifs is 4. The smallest absolute Gasteiger partial charge is 0.268 e. The van der Waals surface area contributed by atoms with Crippen molar-refractivity contribution >= 4 is 32.8 Å². The summed E-state index contributed by atoms with van der Waals surface area (Å²) in [6, 6.07) is 84.3. The second-order valence-electron chi connectivity index (χ2n) is 20.6. The number of hydrogen-bond acceptors (Lipinski definition) is 2. The van der Waals surface area contributed by atoms with Gasteiger partial charge < -0.3 is 13.9 Å². The van der Waals surface area contributed by atoms with Crippen molar-refractivity contribution in [3.8, 4) is 62.1 Å². The van der Waals surface area contributed by atoms with E-state index in [1.165, 1.54) is 16.7 Å². The van der Waals surface area contributed by atoms with Crippen LogP contribution in [-0.2, 0) is 38.3 Å². The van der Waals surface area contributed by atoms with Gasteiger partial charge in [0.15, 0.2) is 0 Å². The van der Waals surface area contributed by atoms with Gasteiger partial charge in [-0.25, -0.2) is 4.98 Å². The largest absolute Gasteiger partial charge is 0.510 e. The number of nitrogens with zero attached hydrogens (tertiary/aromatic N) is 4. The van der Waals surface area contributed by atoms with Gasteiger partial charge in [-0.1, -0.05) is 216 Å². The fraction of sp³-hybridized carbons (Fsp3) is 0.118. The van der Waals surface area contributed by atoms with Crippen LogP contribution >= 0.6 is 0 Å². The van der Waals surface area contributed by atoms with E-state index in [1.54, 1.807) is 0 Å². The van der Waals surface area contributed by atoms with Gasteiger partial charge in [-0.3, -0.25) is 4.57 Å². The first-order valence-electron chi connectivity index (χ1n) is 25.1. The van der Waals surface area contributed by atoms with Crippen LogP contribution in [0.25, 0.3) is 83.4 Å². The van der Waals surface area contributed by atoms with Crippen LogP contribution in [0.2, 0.25) is 0 Å². The molecular weight excluding hydrogens is 1080 g/mol. The van der Waals surface area contributed by atoms with E-state index in [4.69, 9.17) is 9.72 Å². The summed E-state index contributed by atoms with van der Waals surface area (Å²) in [6.45, 7) is 11.4. The molecule has 0 saturated heterocycles. The zero-order valence-electron chi connectivity index (χ0n) is 42.1. The number of para-hydroxylation sites is 4. The Balaban J connectivity index is 0.00000588. The van der Waals surface area contributed by atoms with Gasteiger partial charge in [0, 0.05) is 49.8 Å². The number of hydrogen-bond donors (Lipinski definition) is 0. The summed E-state index contributed by atoms with van der Waals surface area (Å²) in [5.41, 5.74) is 16.3. The molecule has 0 fully saturated rings. The standard InChI is InChI=1S/C68H54N4O.Pt/c1-67(2,3)51-37-35-49(36-38-51)60-45-69-65(41-50(60)44-68(4,5)52-25-13-8-14-26-52)72-61-32-16-15-29-58(61)59-40-39-55(43-64(59)72)73-54-28-19-27-53(42-54)70-46-71(63-34-18-17-33-62(63)70)66-56(47-21-9-6-10-22-47)30-20-31-57(66)48-23-11-7-12-24-48;/h6-41,45H,44H2,1-5H3;/q-2;. The fourth-order valence-electron chi connectivity index (χ4n) is 10.4. The molecule has 3 heterocycles. The minimum absolute atomic E-state index is 0. The van der Waals surface area contributed by atoms with Crippen molar-refractivity contribution in [2.45, 2.75) is 51.9 Å². The summed E-state index contributed by atoms with van der Waals surface area (Å²) in [5, 5.41) is 2.19. The number of aromatic nitrogens is 4. The molecule has 12 aromatic rings. The topological polar surface area (TPSA) is 35.9 Å². The molecule has 0 unspecified atom stereocenters. The number of pyridine rings is 1. The van der Waals surface area contributed by atoms with Gasteiger partial charge >= 0.3 is 0 Å². The van der Waals surface area contributed by atoms with Gasteiger partial charge in [-0.05, 0) is 85.0 Å². The Bertz CT molecular complexity index is 3900. The van der Waals surface area contributed by atoms with E-state index >= 15 is 0 Å². The van der Waals surface area contributed by atoms with Gasteiger partial charge in [-0.2, -0.15) is 18.2 Å². The SMILES string of the molecule is CC(C)(C)c1ccc(-c2cnc(-n3c4[c-]c(Oc5[c-]c(-n6[c-][n+](-c7c(-c8ccccc8)cccc7-c7ccccc7)c7ccccc76)ccc5)ccc4c4ccccc43)cc2CC(C)(C)c2ccccc2)cc1.[Pt]. The third kappa shape index (κ3) is 9.07. The summed E-state index contributed by atoms with van der Waals surface area (Å²) in [4.78, 5) is 5.27. The van der Waals surface area contributed by atoms with Crippen molar-refractivity contribution in [1.29, 1.82) is 0 Å². The summed E-state index contributed by atoms with van der Waals surface area (Å²) >= 11 is 0. The number of benzene rings is 9. The van der Waals surface area contributed by atoms with E-state index in [1.807, 2.05) is 18.2 Å². The molecule has 0 atom stereocenters. The third-order valence-electron chi connectivity index (χ3n) is 14.2. The second-order valence-corrected chi connectivity index (χ2v) is 20.6. The summed E-state index contributed by atoms with van der Waals surface area (Å²) in [5.74, 6) is 1.97. The zero-order chi connectivity index (χ0) is 49.7. The minimum atomic E-state index is -0.151. The van der Waals surface area contributed by atoms with Crippen LogP contribution < -0.4 is 9.30 Å². The Labute approximate surface area is 448 Å². The van der Waals surface area contributed by atoms with E-state index in [9.17, 15) is 0 Å². The van der Waals surface area contributed by atoms with Crippen LogP contribution in [0.15, 0.2) is 225 Å². The average molecular weight is 1140 g/mol. The molecule has 0 amide bonds. The molecule has 6 heteroatoms. The van der Waals surface area contributed by atoms with E-state index < -0.39 is 0 Å². The van der Waals surface area contributed by atoms with Crippen molar-refractivity contribution in [2.24, 2.45) is 0 Å². The fourth-order valence-corrected chi connectivity index (χ4v) is 10.4. The molecule has 0 bridgehead atoms. The molecule has 5 nitrogen and oxygen atoms in total. The van der Waals surface area contributed by atoms with Crippen molar-refractivity contribution in [2.75, 3.05) is 0 Å². The van der Waals surface area contributed by atoms with Gasteiger partial charge in [-0.15, -0.1) is 29.7 Å². The number of ether oxygens (including phenoxy) is 1. The Kier molecular flexibility index (Phi) is 12.8. The summed E-state index contributed by atoms with van der Waals surface area (Å²) in [6.07, 6.45) is 6.65. The first kappa shape index (κ1) is 48.2. The average Bonchev–Trinajstić information content (AvgIpc) is 3.98. The molecule has 3 aromatic heterocycles. The minimum Gasteiger partial charge on any atom is -0.510 e. The predicted octanol–water partition coefficient (Wildman–Crippen LogP) is 16.4. The van der Waals surface area contributed by atoms with Crippen molar-refractivity contribution < 1.29 is 30.4 Å². The molecule has 0 radical (unpaired) electrons. The molecule has 364 valence electrons. The maximum absolute atomic E-state index is 6.76. The summed E-state index contributed by atoms with van der Waals surface area (Å²) < 4.78 is 13.3.